The van der Waals surface area contributed by atoms with Crippen LogP contribution in [-0.2, 0) is 0 Å². The minimum Gasteiger partial charge on any atom is -0.453 e. The molecule has 0 radical (unpaired) electrons. The zero-order chi connectivity index (χ0) is 25.8. The lowest BCUT2D eigenvalue weighted by atomic mass is 10.1. The summed E-state index contributed by atoms with van der Waals surface area (Å²) in [5.41, 5.74) is 4.40. The molecule has 7 heteroatoms. The van der Waals surface area contributed by atoms with E-state index in [0.29, 0.717) is 11.9 Å². The zero-order valence-corrected chi connectivity index (χ0v) is 20.7. The van der Waals surface area contributed by atoms with Gasteiger partial charge in [-0.3, -0.25) is 9.80 Å². The molecule has 0 atom stereocenters. The molecule has 0 unspecified atom stereocenters. The number of anilines is 6. The molecule has 1 aromatic heterocycles. The van der Waals surface area contributed by atoms with E-state index in [0.717, 1.165) is 51.4 Å². The largest absolute Gasteiger partial charge is 0.453 e. The van der Waals surface area contributed by atoms with Crippen molar-refractivity contribution in [3.63, 3.8) is 0 Å². The molecular formula is C32H21N5O2. The third-order valence-corrected chi connectivity index (χ3v) is 6.84. The molecule has 0 amide bonds. The third kappa shape index (κ3) is 3.37. The predicted octanol–water partition coefficient (Wildman–Crippen LogP) is 8.42. The number of aromatic nitrogens is 3. The molecule has 6 aromatic rings. The monoisotopic (exact) mass is 507 g/mol. The van der Waals surface area contributed by atoms with Crippen LogP contribution >= 0.6 is 0 Å². The van der Waals surface area contributed by atoms with E-state index >= 15 is 0 Å². The van der Waals surface area contributed by atoms with E-state index in [-0.39, 0.29) is 0 Å². The summed E-state index contributed by atoms with van der Waals surface area (Å²) in [5, 5.41) is 5.12. The Morgan fingerprint density at radius 1 is 0.436 bits per heavy atom. The van der Waals surface area contributed by atoms with Crippen LogP contribution < -0.4 is 19.3 Å². The van der Waals surface area contributed by atoms with Gasteiger partial charge in [-0.15, -0.1) is 5.10 Å². The van der Waals surface area contributed by atoms with E-state index in [2.05, 4.69) is 9.80 Å². The van der Waals surface area contributed by atoms with Gasteiger partial charge < -0.3 is 9.47 Å². The molecule has 3 heterocycles. The minimum atomic E-state index is 0.526. The van der Waals surface area contributed by atoms with Gasteiger partial charge in [0, 0.05) is 0 Å². The number of ether oxygens (including phenoxy) is 2. The maximum Gasteiger partial charge on any atom is 0.256 e. The first-order valence-electron chi connectivity index (χ1n) is 12.7. The van der Waals surface area contributed by atoms with Gasteiger partial charge in [0.15, 0.2) is 23.0 Å². The van der Waals surface area contributed by atoms with Gasteiger partial charge in [-0.05, 0) is 60.7 Å². The van der Waals surface area contributed by atoms with Crippen LogP contribution in [0.15, 0.2) is 127 Å². The Hall–Kier alpha value is -5.56. The highest BCUT2D eigenvalue weighted by Crippen LogP contribution is 2.52. The maximum atomic E-state index is 6.26. The zero-order valence-electron chi connectivity index (χ0n) is 20.7. The molecule has 0 saturated carbocycles. The molecule has 186 valence electrons. The Balaban J connectivity index is 1.40. The molecule has 0 spiro atoms. The van der Waals surface area contributed by atoms with Crippen LogP contribution in [0.25, 0.3) is 5.69 Å². The summed E-state index contributed by atoms with van der Waals surface area (Å²) in [7, 11) is 0. The highest BCUT2D eigenvalue weighted by molar-refractivity contribution is 5.87. The summed E-state index contributed by atoms with van der Waals surface area (Å²) in [4.78, 5) is 9.38. The third-order valence-electron chi connectivity index (χ3n) is 6.84. The average molecular weight is 508 g/mol. The van der Waals surface area contributed by atoms with Crippen LogP contribution in [0.4, 0.5) is 34.6 Å². The number of fused-ring (bicyclic) bond motifs is 4. The van der Waals surface area contributed by atoms with Gasteiger partial charge >= 0.3 is 0 Å². The number of hydrogen-bond donors (Lipinski definition) is 0. The first-order chi connectivity index (χ1) is 19.3. The Bertz CT molecular complexity index is 1760. The smallest absolute Gasteiger partial charge is 0.256 e. The SMILES string of the molecule is c1ccc(-n2nc(N3c4ccccc4Oc4ccccc43)nc2N2c3ccccc3Oc3ccccc32)cc1. The normalized spacial score (nSPS) is 12.9. The second-order valence-corrected chi connectivity index (χ2v) is 9.20. The molecule has 2 aliphatic heterocycles. The lowest BCUT2D eigenvalue weighted by Crippen LogP contribution is -2.19. The summed E-state index contributed by atoms with van der Waals surface area (Å²) >= 11 is 0. The number of rotatable bonds is 3. The van der Waals surface area contributed by atoms with E-state index in [1.807, 2.05) is 132 Å². The summed E-state index contributed by atoms with van der Waals surface area (Å²) in [6.45, 7) is 0. The summed E-state index contributed by atoms with van der Waals surface area (Å²) in [6, 6.07) is 41.9. The second kappa shape index (κ2) is 8.49. The minimum absolute atomic E-state index is 0.526. The topological polar surface area (TPSA) is 55.7 Å². The van der Waals surface area contributed by atoms with Crippen LogP contribution in [-0.4, -0.2) is 14.8 Å². The second-order valence-electron chi connectivity index (χ2n) is 9.20. The predicted molar refractivity (Wildman–Crippen MR) is 151 cm³/mol. The number of hydrogen-bond acceptors (Lipinski definition) is 6. The van der Waals surface area contributed by atoms with Crippen LogP contribution in [0.2, 0.25) is 0 Å². The molecule has 0 bridgehead atoms. The molecule has 0 saturated heterocycles. The number of para-hydroxylation sites is 9. The van der Waals surface area contributed by atoms with Gasteiger partial charge in [0.25, 0.3) is 5.95 Å². The van der Waals surface area contributed by atoms with E-state index < -0.39 is 0 Å². The molecule has 0 fully saturated rings. The van der Waals surface area contributed by atoms with Gasteiger partial charge in [0.05, 0.1) is 28.4 Å². The van der Waals surface area contributed by atoms with Gasteiger partial charge in [-0.1, -0.05) is 66.7 Å². The maximum absolute atomic E-state index is 6.26. The van der Waals surface area contributed by atoms with Crippen molar-refractivity contribution in [2.75, 3.05) is 9.80 Å². The summed E-state index contributed by atoms with van der Waals surface area (Å²) in [6.07, 6.45) is 0. The molecule has 0 aliphatic carbocycles. The van der Waals surface area contributed by atoms with Crippen molar-refractivity contribution < 1.29 is 9.47 Å². The van der Waals surface area contributed by atoms with Crippen LogP contribution in [0.5, 0.6) is 23.0 Å². The summed E-state index contributed by atoms with van der Waals surface area (Å²) in [5.74, 6) is 4.16. The first kappa shape index (κ1) is 21.5. The number of benzene rings is 5. The van der Waals surface area contributed by atoms with Gasteiger partial charge in [0.2, 0.25) is 5.95 Å². The van der Waals surface area contributed by atoms with Gasteiger partial charge in [-0.2, -0.15) is 9.67 Å². The molecular weight excluding hydrogens is 486 g/mol. The van der Waals surface area contributed by atoms with Crippen molar-refractivity contribution in [2.45, 2.75) is 0 Å². The first-order valence-corrected chi connectivity index (χ1v) is 12.7. The van der Waals surface area contributed by atoms with Crippen molar-refractivity contribution in [2.24, 2.45) is 0 Å². The fraction of sp³-hybridized carbons (Fsp3) is 0. The average Bonchev–Trinajstić information content (AvgIpc) is 3.43. The van der Waals surface area contributed by atoms with Crippen molar-refractivity contribution in [3.8, 4) is 28.7 Å². The van der Waals surface area contributed by atoms with Crippen molar-refractivity contribution >= 4 is 34.6 Å². The van der Waals surface area contributed by atoms with E-state index in [1.54, 1.807) is 0 Å². The Labute approximate surface area is 224 Å². The lowest BCUT2D eigenvalue weighted by Gasteiger charge is -2.31. The number of nitrogens with zero attached hydrogens (tertiary/aromatic N) is 5. The van der Waals surface area contributed by atoms with Gasteiger partial charge in [0.1, 0.15) is 0 Å². The molecule has 39 heavy (non-hydrogen) atoms. The Kier molecular flexibility index (Phi) is 4.69. The lowest BCUT2D eigenvalue weighted by molar-refractivity contribution is 0.476. The molecule has 7 nitrogen and oxygen atoms in total. The Morgan fingerprint density at radius 2 is 0.846 bits per heavy atom. The quantitative estimate of drug-likeness (QED) is 0.239. The summed E-state index contributed by atoms with van der Waals surface area (Å²) < 4.78 is 14.4. The standard InChI is InChI=1S/C32H21N5O2/c1-2-12-22(13-3-1)37-32(36-25-16-6-10-20-29(25)39-30-21-11-7-17-26(30)36)33-31(34-37)35-23-14-4-8-18-27(23)38-28-19-9-5-15-24(28)35/h1-21H. The van der Waals surface area contributed by atoms with Crippen molar-refractivity contribution in [1.29, 1.82) is 0 Å². The van der Waals surface area contributed by atoms with Crippen molar-refractivity contribution in [3.05, 3.63) is 127 Å². The molecule has 2 aliphatic rings. The molecule has 0 N–H and O–H groups in total. The van der Waals surface area contributed by atoms with Crippen LogP contribution in [0, 0.1) is 0 Å². The van der Waals surface area contributed by atoms with E-state index in [1.165, 1.54) is 0 Å². The molecule has 5 aromatic carbocycles. The molecule has 8 rings (SSSR count). The van der Waals surface area contributed by atoms with Crippen LogP contribution in [0.1, 0.15) is 0 Å². The van der Waals surface area contributed by atoms with Crippen LogP contribution in [0.3, 0.4) is 0 Å². The fourth-order valence-electron chi connectivity index (χ4n) is 5.12. The fourth-order valence-corrected chi connectivity index (χ4v) is 5.12. The van der Waals surface area contributed by atoms with E-state index in [9.17, 15) is 0 Å². The van der Waals surface area contributed by atoms with Gasteiger partial charge in [-0.25, -0.2) is 0 Å². The Morgan fingerprint density at radius 3 is 1.33 bits per heavy atom. The van der Waals surface area contributed by atoms with E-state index in [4.69, 9.17) is 19.6 Å². The van der Waals surface area contributed by atoms with Crippen molar-refractivity contribution in [1.82, 2.24) is 14.8 Å². The highest BCUT2D eigenvalue weighted by atomic mass is 16.5. The highest BCUT2D eigenvalue weighted by Gasteiger charge is 2.33.